The van der Waals surface area contributed by atoms with Crippen LogP contribution in [0.5, 0.6) is 0 Å². The number of guanidine groups is 1. The molecule has 0 aromatic carbocycles. The minimum absolute atomic E-state index is 0. The lowest BCUT2D eigenvalue weighted by molar-refractivity contribution is 0.192. The number of ether oxygens (including phenoxy) is 1. The van der Waals surface area contributed by atoms with Crippen molar-refractivity contribution in [3.05, 3.63) is 0 Å². The minimum atomic E-state index is 0. The van der Waals surface area contributed by atoms with E-state index in [1.165, 1.54) is 25.8 Å². The van der Waals surface area contributed by atoms with Gasteiger partial charge in [-0.2, -0.15) is 0 Å². The Morgan fingerprint density at radius 3 is 2.38 bits per heavy atom. The summed E-state index contributed by atoms with van der Waals surface area (Å²) in [6.45, 7) is 14.9. The van der Waals surface area contributed by atoms with Gasteiger partial charge in [-0.25, -0.2) is 0 Å². The molecule has 0 aromatic heterocycles. The lowest BCUT2D eigenvalue weighted by Gasteiger charge is -2.21. The van der Waals surface area contributed by atoms with Gasteiger partial charge in [0.15, 0.2) is 5.96 Å². The highest BCUT2D eigenvalue weighted by molar-refractivity contribution is 14.0. The van der Waals surface area contributed by atoms with Gasteiger partial charge >= 0.3 is 0 Å². The van der Waals surface area contributed by atoms with Crippen LogP contribution in [0.25, 0.3) is 0 Å². The molecule has 0 amide bonds. The van der Waals surface area contributed by atoms with E-state index in [-0.39, 0.29) is 24.0 Å². The molecule has 1 atom stereocenters. The van der Waals surface area contributed by atoms with E-state index in [0.717, 1.165) is 51.6 Å². The Hall–Kier alpha value is -0.0800. The summed E-state index contributed by atoms with van der Waals surface area (Å²) in [5.41, 5.74) is 0. The van der Waals surface area contributed by atoms with Crippen molar-refractivity contribution in [2.75, 3.05) is 46.4 Å². The predicted molar refractivity (Wildman–Crippen MR) is 117 cm³/mol. The van der Waals surface area contributed by atoms with Crippen LogP contribution in [0, 0.1) is 0 Å². The Balaban J connectivity index is 0. The normalized spacial score (nSPS) is 12.8. The van der Waals surface area contributed by atoms with Crippen molar-refractivity contribution in [1.29, 1.82) is 0 Å². The van der Waals surface area contributed by atoms with Gasteiger partial charge in [0.25, 0.3) is 0 Å². The van der Waals surface area contributed by atoms with Crippen LogP contribution in [0.1, 0.15) is 59.8 Å². The Morgan fingerprint density at radius 1 is 1.08 bits per heavy atom. The highest BCUT2D eigenvalue weighted by Crippen LogP contribution is 2.00. The van der Waals surface area contributed by atoms with Gasteiger partial charge in [0.1, 0.15) is 0 Å². The summed E-state index contributed by atoms with van der Waals surface area (Å²) < 4.78 is 5.07. The van der Waals surface area contributed by atoms with Crippen molar-refractivity contribution in [3.8, 4) is 0 Å². The Labute approximate surface area is 167 Å². The van der Waals surface area contributed by atoms with Gasteiger partial charge in [0, 0.05) is 32.8 Å². The Kier molecular flexibility index (Phi) is 21.0. The first-order valence-electron chi connectivity index (χ1n) is 9.43. The van der Waals surface area contributed by atoms with Crippen LogP contribution >= 0.6 is 24.0 Å². The molecule has 0 spiro atoms. The zero-order valence-electron chi connectivity index (χ0n) is 16.6. The largest absolute Gasteiger partial charge is 0.385 e. The van der Waals surface area contributed by atoms with Gasteiger partial charge in [-0.05, 0) is 65.6 Å². The lowest BCUT2D eigenvalue weighted by atomic mass is 10.2. The molecular weight excluding hydrogens is 415 g/mol. The topological polar surface area (TPSA) is 48.9 Å². The zero-order valence-corrected chi connectivity index (χ0v) is 18.9. The monoisotopic (exact) mass is 456 g/mol. The lowest BCUT2D eigenvalue weighted by Crippen LogP contribution is -2.42. The number of nitrogens with one attached hydrogen (secondary N) is 2. The van der Waals surface area contributed by atoms with Crippen molar-refractivity contribution in [2.45, 2.75) is 65.8 Å². The molecule has 146 valence electrons. The molecule has 0 heterocycles. The van der Waals surface area contributed by atoms with Crippen LogP contribution in [0.4, 0.5) is 0 Å². The average Bonchev–Trinajstić information content (AvgIpc) is 2.55. The quantitative estimate of drug-likeness (QED) is 0.182. The van der Waals surface area contributed by atoms with E-state index < -0.39 is 0 Å². The highest BCUT2D eigenvalue weighted by Gasteiger charge is 2.06. The standard InChI is InChI=1S/C18H40N4O.HI/c1-6-19-18(20-14-10-9-11-16-23-5)21-17(4)13-12-15-22(7-2)8-3;/h17H,6-16H2,1-5H3,(H2,19,20,21);1H. The highest BCUT2D eigenvalue weighted by atomic mass is 127. The molecule has 0 aliphatic carbocycles. The molecule has 1 unspecified atom stereocenters. The molecule has 0 aliphatic rings. The van der Waals surface area contributed by atoms with Gasteiger partial charge in [-0.15, -0.1) is 24.0 Å². The van der Waals surface area contributed by atoms with Gasteiger partial charge in [0.05, 0.1) is 0 Å². The van der Waals surface area contributed by atoms with Crippen LogP contribution in [-0.2, 0) is 4.74 Å². The number of hydrogen-bond donors (Lipinski definition) is 2. The van der Waals surface area contributed by atoms with E-state index in [1.54, 1.807) is 7.11 Å². The fraction of sp³-hybridized carbons (Fsp3) is 0.944. The van der Waals surface area contributed by atoms with Crippen LogP contribution in [-0.4, -0.2) is 63.3 Å². The van der Waals surface area contributed by atoms with E-state index in [4.69, 9.17) is 4.74 Å². The van der Waals surface area contributed by atoms with Gasteiger partial charge in [-0.1, -0.05) is 13.8 Å². The summed E-state index contributed by atoms with van der Waals surface area (Å²) in [5.74, 6) is 0.953. The maximum Gasteiger partial charge on any atom is 0.191 e. The number of aliphatic imine (C=N–C) groups is 1. The van der Waals surface area contributed by atoms with Gasteiger partial charge in [0.2, 0.25) is 0 Å². The summed E-state index contributed by atoms with van der Waals surface area (Å²) in [5, 5.41) is 6.87. The maximum absolute atomic E-state index is 5.07. The minimum Gasteiger partial charge on any atom is -0.385 e. The summed E-state index contributed by atoms with van der Waals surface area (Å²) >= 11 is 0. The maximum atomic E-state index is 5.07. The van der Waals surface area contributed by atoms with Gasteiger partial charge in [-0.3, -0.25) is 4.99 Å². The number of unbranched alkanes of at least 4 members (excludes halogenated alkanes) is 2. The number of halogens is 1. The summed E-state index contributed by atoms with van der Waals surface area (Å²) in [7, 11) is 1.76. The third-order valence-electron chi connectivity index (χ3n) is 4.01. The van der Waals surface area contributed by atoms with Crippen molar-refractivity contribution in [3.63, 3.8) is 0 Å². The third kappa shape index (κ3) is 15.4. The van der Waals surface area contributed by atoms with Crippen LogP contribution < -0.4 is 10.6 Å². The molecule has 0 bridgehead atoms. The van der Waals surface area contributed by atoms with E-state index >= 15 is 0 Å². The summed E-state index contributed by atoms with van der Waals surface area (Å²) in [6, 6.07) is 0.455. The van der Waals surface area contributed by atoms with Crippen molar-refractivity contribution in [1.82, 2.24) is 15.5 Å². The summed E-state index contributed by atoms with van der Waals surface area (Å²) in [4.78, 5) is 7.15. The first-order chi connectivity index (χ1) is 11.2. The second-order valence-electron chi connectivity index (χ2n) is 6.03. The van der Waals surface area contributed by atoms with Crippen molar-refractivity contribution in [2.24, 2.45) is 4.99 Å². The third-order valence-corrected chi connectivity index (χ3v) is 4.01. The van der Waals surface area contributed by atoms with Crippen molar-refractivity contribution >= 4 is 29.9 Å². The van der Waals surface area contributed by atoms with Crippen LogP contribution in [0.3, 0.4) is 0 Å². The van der Waals surface area contributed by atoms with Crippen LogP contribution in [0.15, 0.2) is 4.99 Å². The first-order valence-corrected chi connectivity index (χ1v) is 9.43. The molecule has 0 aromatic rings. The molecule has 0 saturated heterocycles. The van der Waals surface area contributed by atoms with E-state index in [2.05, 4.69) is 48.2 Å². The molecule has 0 aliphatic heterocycles. The molecular formula is C18H41IN4O. The molecule has 0 radical (unpaired) electrons. The number of methoxy groups -OCH3 is 1. The molecule has 2 N–H and O–H groups in total. The predicted octanol–water partition coefficient (Wildman–Crippen LogP) is 3.49. The van der Waals surface area contributed by atoms with E-state index in [9.17, 15) is 0 Å². The average molecular weight is 456 g/mol. The summed E-state index contributed by atoms with van der Waals surface area (Å²) in [6.07, 6.45) is 5.82. The molecule has 0 fully saturated rings. The Bertz CT molecular complexity index is 286. The second-order valence-corrected chi connectivity index (χ2v) is 6.03. The number of hydrogen-bond acceptors (Lipinski definition) is 3. The number of nitrogens with zero attached hydrogens (tertiary/aromatic N) is 2. The fourth-order valence-electron chi connectivity index (χ4n) is 2.51. The van der Waals surface area contributed by atoms with Gasteiger partial charge < -0.3 is 20.3 Å². The van der Waals surface area contributed by atoms with Crippen molar-refractivity contribution < 1.29 is 4.74 Å². The smallest absolute Gasteiger partial charge is 0.191 e. The van der Waals surface area contributed by atoms with E-state index in [1.807, 2.05) is 0 Å². The van der Waals surface area contributed by atoms with Crippen LogP contribution in [0.2, 0.25) is 0 Å². The molecule has 0 saturated carbocycles. The fourth-order valence-corrected chi connectivity index (χ4v) is 2.51. The SMILES string of the molecule is CCNC(=NCCCCCOC)NC(C)CCCN(CC)CC.I. The first kappa shape index (κ1) is 26.2. The molecule has 5 nitrogen and oxygen atoms in total. The molecule has 6 heteroatoms. The van der Waals surface area contributed by atoms with E-state index in [0.29, 0.717) is 6.04 Å². The molecule has 0 rings (SSSR count). The zero-order chi connectivity index (χ0) is 17.3. The Morgan fingerprint density at radius 2 is 1.79 bits per heavy atom. The number of rotatable bonds is 14. The second kappa shape index (κ2) is 19.2. The molecule has 24 heavy (non-hydrogen) atoms.